The van der Waals surface area contributed by atoms with Crippen molar-refractivity contribution in [1.82, 2.24) is 10.3 Å². The van der Waals surface area contributed by atoms with Crippen LogP contribution in [0.2, 0.25) is 10.0 Å². The number of nitrogens with zero attached hydrogens (tertiary/aromatic N) is 1. The summed E-state index contributed by atoms with van der Waals surface area (Å²) in [7, 11) is 1.90. The van der Waals surface area contributed by atoms with Crippen LogP contribution in [0.15, 0.2) is 29.8 Å². The van der Waals surface area contributed by atoms with Crippen molar-refractivity contribution in [2.75, 3.05) is 7.05 Å². The molecule has 0 bridgehead atoms. The molecule has 0 radical (unpaired) electrons. The number of hydrogen-bond donors (Lipinski definition) is 1. The molecular weight excluding hydrogens is 275 g/mol. The van der Waals surface area contributed by atoms with Gasteiger partial charge in [-0.05, 0) is 19.2 Å². The van der Waals surface area contributed by atoms with E-state index in [2.05, 4.69) is 10.3 Å². The normalized spacial score (nSPS) is 12.6. The molecule has 1 N–H and O–H groups in total. The monoisotopic (exact) mass is 286 g/mol. The lowest BCUT2D eigenvalue weighted by Gasteiger charge is -2.18. The molecular formula is C12H12Cl2N2S. The van der Waals surface area contributed by atoms with Crippen molar-refractivity contribution in [1.29, 1.82) is 0 Å². The maximum Gasteiger partial charge on any atom is 0.0943 e. The van der Waals surface area contributed by atoms with E-state index < -0.39 is 0 Å². The van der Waals surface area contributed by atoms with Gasteiger partial charge < -0.3 is 5.32 Å². The van der Waals surface area contributed by atoms with Crippen molar-refractivity contribution < 1.29 is 0 Å². The minimum atomic E-state index is 0.0855. The van der Waals surface area contributed by atoms with E-state index >= 15 is 0 Å². The summed E-state index contributed by atoms with van der Waals surface area (Å²) in [4.78, 5) is 4.28. The van der Waals surface area contributed by atoms with Crippen molar-refractivity contribution in [2.45, 2.75) is 12.5 Å². The molecule has 1 unspecified atom stereocenters. The van der Waals surface area contributed by atoms with Gasteiger partial charge in [0.15, 0.2) is 0 Å². The molecule has 2 nitrogen and oxygen atoms in total. The van der Waals surface area contributed by atoms with Crippen LogP contribution >= 0.6 is 34.5 Å². The lowest BCUT2D eigenvalue weighted by Crippen LogP contribution is -2.19. The van der Waals surface area contributed by atoms with E-state index in [-0.39, 0.29) is 6.04 Å². The third-order valence-electron chi connectivity index (χ3n) is 2.56. The summed E-state index contributed by atoms with van der Waals surface area (Å²) in [5.41, 5.74) is 0.938. The fourth-order valence-corrected chi connectivity index (χ4v) is 3.04. The summed E-state index contributed by atoms with van der Waals surface area (Å²) in [6.07, 6.45) is 2.60. The molecule has 1 heterocycles. The molecule has 1 aromatic carbocycles. The van der Waals surface area contributed by atoms with Crippen LogP contribution in [0.1, 0.15) is 16.6 Å². The minimum absolute atomic E-state index is 0.0855. The second-order valence-corrected chi connectivity index (χ2v) is 5.40. The number of hydrogen-bond acceptors (Lipinski definition) is 3. The first kappa shape index (κ1) is 12.8. The molecule has 2 aromatic rings. The molecule has 17 heavy (non-hydrogen) atoms. The van der Waals surface area contributed by atoms with Crippen LogP contribution in [0.4, 0.5) is 0 Å². The van der Waals surface area contributed by atoms with Crippen molar-refractivity contribution in [3.63, 3.8) is 0 Å². The molecule has 1 atom stereocenters. The molecule has 0 spiro atoms. The highest BCUT2D eigenvalue weighted by Crippen LogP contribution is 2.32. The summed E-state index contributed by atoms with van der Waals surface area (Å²) < 4.78 is 0. The van der Waals surface area contributed by atoms with Crippen LogP contribution < -0.4 is 5.32 Å². The summed E-state index contributed by atoms with van der Waals surface area (Å²) in [5, 5.41) is 7.65. The smallest absolute Gasteiger partial charge is 0.0943 e. The van der Waals surface area contributed by atoms with Crippen molar-refractivity contribution in [3.05, 3.63) is 50.4 Å². The number of thiazole rings is 1. The number of nitrogens with one attached hydrogen (secondary N) is 1. The van der Waals surface area contributed by atoms with Gasteiger partial charge in [0.1, 0.15) is 0 Å². The van der Waals surface area contributed by atoms with E-state index in [1.54, 1.807) is 17.5 Å². The molecule has 0 aliphatic heterocycles. The molecule has 0 aliphatic carbocycles. The second kappa shape index (κ2) is 5.83. The summed E-state index contributed by atoms with van der Waals surface area (Å²) in [6.45, 7) is 0. The highest BCUT2D eigenvalue weighted by Gasteiger charge is 2.17. The molecule has 0 fully saturated rings. The molecule has 0 aliphatic rings. The lowest BCUT2D eigenvalue weighted by atomic mass is 10.0. The Morgan fingerprint density at radius 2 is 2.06 bits per heavy atom. The molecule has 0 saturated heterocycles. The average Bonchev–Trinajstić information content (AvgIpc) is 2.80. The SMILES string of the molecule is CNC(Cc1nccs1)c1c(Cl)cccc1Cl. The Morgan fingerprint density at radius 1 is 1.35 bits per heavy atom. The fourth-order valence-electron chi connectivity index (χ4n) is 1.72. The topological polar surface area (TPSA) is 24.9 Å². The maximum absolute atomic E-state index is 6.20. The van der Waals surface area contributed by atoms with Crippen molar-refractivity contribution >= 4 is 34.5 Å². The number of rotatable bonds is 4. The Labute approximate surface area is 115 Å². The van der Waals surface area contributed by atoms with Crippen molar-refractivity contribution in [2.24, 2.45) is 0 Å². The first-order valence-corrected chi connectivity index (χ1v) is 6.85. The summed E-state index contributed by atoms with van der Waals surface area (Å²) in [5.74, 6) is 0. The maximum atomic E-state index is 6.20. The van der Waals surface area contributed by atoms with Crippen LogP contribution in [0, 0.1) is 0 Å². The van der Waals surface area contributed by atoms with Crippen LogP contribution in [0.5, 0.6) is 0 Å². The number of benzene rings is 1. The van der Waals surface area contributed by atoms with E-state index in [0.29, 0.717) is 10.0 Å². The van der Waals surface area contributed by atoms with Gasteiger partial charge in [0, 0.05) is 39.6 Å². The second-order valence-electron chi connectivity index (χ2n) is 3.61. The number of likely N-dealkylation sites (N-methyl/N-ethyl adjacent to an activating group) is 1. The Morgan fingerprint density at radius 3 is 2.59 bits per heavy atom. The van der Waals surface area contributed by atoms with E-state index in [1.807, 2.05) is 30.6 Å². The Bertz CT molecular complexity index is 465. The van der Waals surface area contributed by atoms with Gasteiger partial charge in [0.25, 0.3) is 0 Å². The van der Waals surface area contributed by atoms with E-state index in [4.69, 9.17) is 23.2 Å². The van der Waals surface area contributed by atoms with E-state index in [9.17, 15) is 0 Å². The van der Waals surface area contributed by atoms with Crippen LogP contribution in [0.25, 0.3) is 0 Å². The van der Waals surface area contributed by atoms with Gasteiger partial charge in [-0.25, -0.2) is 4.98 Å². The van der Waals surface area contributed by atoms with Crippen LogP contribution in [-0.2, 0) is 6.42 Å². The Kier molecular flexibility index (Phi) is 4.40. The quantitative estimate of drug-likeness (QED) is 0.921. The molecule has 1 aromatic heterocycles. The van der Waals surface area contributed by atoms with Crippen LogP contribution in [0.3, 0.4) is 0 Å². The third kappa shape index (κ3) is 2.99. The zero-order valence-corrected chi connectivity index (χ0v) is 11.6. The molecule has 5 heteroatoms. The average molecular weight is 287 g/mol. The van der Waals surface area contributed by atoms with Gasteiger partial charge in [0.2, 0.25) is 0 Å². The van der Waals surface area contributed by atoms with Gasteiger partial charge in [-0.15, -0.1) is 11.3 Å². The molecule has 0 saturated carbocycles. The van der Waals surface area contributed by atoms with Gasteiger partial charge in [0.05, 0.1) is 5.01 Å². The van der Waals surface area contributed by atoms with E-state index in [1.165, 1.54) is 0 Å². The van der Waals surface area contributed by atoms with Gasteiger partial charge in [-0.1, -0.05) is 29.3 Å². The summed E-state index contributed by atoms with van der Waals surface area (Å²) in [6, 6.07) is 5.65. The van der Waals surface area contributed by atoms with Crippen molar-refractivity contribution in [3.8, 4) is 0 Å². The van der Waals surface area contributed by atoms with Gasteiger partial charge in [-0.2, -0.15) is 0 Å². The highest BCUT2D eigenvalue weighted by atomic mass is 35.5. The Hall–Kier alpha value is -0.610. The standard InChI is InChI=1S/C12H12Cl2N2S/c1-15-10(7-11-16-5-6-17-11)12-8(13)3-2-4-9(12)14/h2-6,10,15H,7H2,1H3. The van der Waals surface area contributed by atoms with Gasteiger partial charge in [-0.3, -0.25) is 0 Å². The van der Waals surface area contributed by atoms with Crippen LogP contribution in [-0.4, -0.2) is 12.0 Å². The number of aromatic nitrogens is 1. The highest BCUT2D eigenvalue weighted by molar-refractivity contribution is 7.09. The molecule has 90 valence electrons. The minimum Gasteiger partial charge on any atom is -0.313 e. The van der Waals surface area contributed by atoms with E-state index in [0.717, 1.165) is 17.0 Å². The summed E-state index contributed by atoms with van der Waals surface area (Å²) >= 11 is 14.0. The Balaban J connectivity index is 2.29. The first-order valence-electron chi connectivity index (χ1n) is 5.22. The third-order valence-corrected chi connectivity index (χ3v) is 4.02. The predicted molar refractivity (Wildman–Crippen MR) is 74.1 cm³/mol. The predicted octanol–water partition coefficient (Wildman–Crippen LogP) is 3.95. The molecule has 2 rings (SSSR count). The first-order chi connectivity index (χ1) is 8.22. The fraction of sp³-hybridized carbons (Fsp3) is 0.250. The number of halogens is 2. The van der Waals surface area contributed by atoms with Gasteiger partial charge >= 0.3 is 0 Å². The lowest BCUT2D eigenvalue weighted by molar-refractivity contribution is 0.591. The largest absolute Gasteiger partial charge is 0.313 e. The zero-order valence-electron chi connectivity index (χ0n) is 9.28. The molecule has 0 amide bonds. The zero-order chi connectivity index (χ0) is 12.3.